The van der Waals surface area contributed by atoms with Crippen molar-refractivity contribution in [1.29, 1.82) is 0 Å². The first kappa shape index (κ1) is 11.1. The average molecular weight is 238 g/mol. The third-order valence-corrected chi connectivity index (χ3v) is 2.50. The standard InChI is InChI=1S/C11H14ClN4/c1-11(2,3)16-7-6-15(8-16)10-5-4-9(12)13-14-10/h4-8H,1-3H3/q+1. The summed E-state index contributed by atoms with van der Waals surface area (Å²) in [6.45, 7) is 6.43. The molecule has 2 rings (SSSR count). The SMILES string of the molecule is CC(C)(C)[n+]1ccn(-c2ccc(Cl)nn2)c1. The minimum atomic E-state index is 0.0606. The van der Waals surface area contributed by atoms with Crippen molar-refractivity contribution >= 4 is 11.6 Å². The van der Waals surface area contributed by atoms with Crippen LogP contribution in [-0.4, -0.2) is 14.8 Å². The summed E-state index contributed by atoms with van der Waals surface area (Å²) in [5, 5.41) is 8.23. The van der Waals surface area contributed by atoms with Crippen LogP contribution in [0.4, 0.5) is 0 Å². The molecule has 0 aromatic carbocycles. The van der Waals surface area contributed by atoms with E-state index in [0.29, 0.717) is 5.15 Å². The average Bonchev–Trinajstić information content (AvgIpc) is 2.67. The van der Waals surface area contributed by atoms with Gasteiger partial charge in [0.05, 0.1) is 0 Å². The molecular weight excluding hydrogens is 224 g/mol. The van der Waals surface area contributed by atoms with E-state index in [1.54, 1.807) is 6.07 Å². The quantitative estimate of drug-likeness (QED) is 0.711. The van der Waals surface area contributed by atoms with Gasteiger partial charge in [-0.2, -0.15) is 4.57 Å². The zero-order valence-corrected chi connectivity index (χ0v) is 10.3. The van der Waals surface area contributed by atoms with E-state index in [1.807, 2.05) is 29.4 Å². The third-order valence-electron chi connectivity index (χ3n) is 2.29. The highest BCUT2D eigenvalue weighted by molar-refractivity contribution is 6.29. The molecule has 0 atom stereocenters. The number of halogens is 1. The fourth-order valence-corrected chi connectivity index (χ4v) is 1.43. The topological polar surface area (TPSA) is 34.6 Å². The minimum absolute atomic E-state index is 0.0606. The van der Waals surface area contributed by atoms with Gasteiger partial charge < -0.3 is 0 Å². The van der Waals surface area contributed by atoms with Gasteiger partial charge in [0.15, 0.2) is 5.15 Å². The van der Waals surface area contributed by atoms with Crippen molar-refractivity contribution in [3.8, 4) is 5.82 Å². The smallest absolute Gasteiger partial charge is 0.232 e. The second-order valence-corrected chi connectivity index (χ2v) is 5.00. The van der Waals surface area contributed by atoms with E-state index in [-0.39, 0.29) is 5.54 Å². The monoisotopic (exact) mass is 237 g/mol. The Labute approximate surface area is 99.5 Å². The van der Waals surface area contributed by atoms with Crippen LogP contribution in [0.2, 0.25) is 5.15 Å². The molecule has 0 aliphatic heterocycles. The van der Waals surface area contributed by atoms with Gasteiger partial charge in [0.2, 0.25) is 5.82 Å². The molecule has 2 aromatic heterocycles. The minimum Gasteiger partial charge on any atom is -0.232 e. The number of hydrogen-bond acceptors (Lipinski definition) is 2. The largest absolute Gasteiger partial charge is 0.250 e. The lowest BCUT2D eigenvalue weighted by Gasteiger charge is -2.13. The van der Waals surface area contributed by atoms with Crippen LogP contribution in [0.5, 0.6) is 0 Å². The van der Waals surface area contributed by atoms with Crippen molar-refractivity contribution in [2.24, 2.45) is 0 Å². The summed E-state index contributed by atoms with van der Waals surface area (Å²) in [6.07, 6.45) is 5.94. The number of hydrogen-bond donors (Lipinski definition) is 0. The summed E-state index contributed by atoms with van der Waals surface area (Å²) < 4.78 is 4.03. The van der Waals surface area contributed by atoms with E-state index in [0.717, 1.165) is 5.82 Å². The van der Waals surface area contributed by atoms with Crippen LogP contribution in [0.15, 0.2) is 30.9 Å². The number of rotatable bonds is 1. The Balaban J connectivity index is 2.35. The molecule has 0 aliphatic rings. The second kappa shape index (κ2) is 3.87. The van der Waals surface area contributed by atoms with Crippen molar-refractivity contribution in [3.63, 3.8) is 0 Å². The first-order valence-corrected chi connectivity index (χ1v) is 5.44. The van der Waals surface area contributed by atoms with Crippen molar-refractivity contribution in [2.45, 2.75) is 26.3 Å². The summed E-state index contributed by atoms with van der Waals surface area (Å²) in [6, 6.07) is 3.56. The Bertz CT molecular complexity index is 481. The van der Waals surface area contributed by atoms with Gasteiger partial charge >= 0.3 is 0 Å². The number of aromatic nitrogens is 4. The van der Waals surface area contributed by atoms with Gasteiger partial charge in [0.25, 0.3) is 6.33 Å². The fourth-order valence-electron chi connectivity index (χ4n) is 1.33. The Morgan fingerprint density at radius 1 is 1.25 bits per heavy atom. The first-order valence-electron chi connectivity index (χ1n) is 5.06. The van der Waals surface area contributed by atoms with E-state index >= 15 is 0 Å². The second-order valence-electron chi connectivity index (χ2n) is 4.61. The number of nitrogens with zero attached hydrogens (tertiary/aromatic N) is 4. The van der Waals surface area contributed by atoms with Gasteiger partial charge in [-0.3, -0.25) is 0 Å². The molecule has 0 fully saturated rings. The maximum atomic E-state index is 5.69. The molecule has 0 radical (unpaired) electrons. The van der Waals surface area contributed by atoms with Gasteiger partial charge in [-0.15, -0.1) is 10.2 Å². The number of imidazole rings is 1. The summed E-state index contributed by atoms with van der Waals surface area (Å²) in [4.78, 5) is 0. The molecule has 0 saturated heterocycles. The predicted octanol–water partition coefficient (Wildman–Crippen LogP) is 1.96. The van der Waals surface area contributed by atoms with Crippen LogP contribution in [0.3, 0.4) is 0 Å². The highest BCUT2D eigenvalue weighted by Crippen LogP contribution is 2.08. The Morgan fingerprint density at radius 2 is 2.00 bits per heavy atom. The maximum Gasteiger partial charge on any atom is 0.250 e. The summed E-state index contributed by atoms with van der Waals surface area (Å²) in [7, 11) is 0. The Kier molecular flexibility index (Phi) is 2.68. The highest BCUT2D eigenvalue weighted by atomic mass is 35.5. The van der Waals surface area contributed by atoms with Crippen molar-refractivity contribution < 1.29 is 4.57 Å². The molecule has 16 heavy (non-hydrogen) atoms. The molecule has 0 N–H and O–H groups in total. The van der Waals surface area contributed by atoms with Gasteiger partial charge in [-0.05, 0) is 26.8 Å². The van der Waals surface area contributed by atoms with Gasteiger partial charge in [-0.1, -0.05) is 11.6 Å². The lowest BCUT2D eigenvalue weighted by molar-refractivity contribution is -0.753. The van der Waals surface area contributed by atoms with Crippen LogP contribution in [-0.2, 0) is 5.54 Å². The first-order chi connectivity index (χ1) is 7.47. The molecule has 5 heteroatoms. The third kappa shape index (κ3) is 2.22. The molecule has 0 spiro atoms. The van der Waals surface area contributed by atoms with Gasteiger partial charge in [0, 0.05) is 6.07 Å². The Morgan fingerprint density at radius 3 is 2.50 bits per heavy atom. The molecule has 2 heterocycles. The maximum absolute atomic E-state index is 5.69. The lowest BCUT2D eigenvalue weighted by atomic mass is 10.1. The molecule has 4 nitrogen and oxygen atoms in total. The predicted molar refractivity (Wildman–Crippen MR) is 61.6 cm³/mol. The molecular formula is C11H14ClN4+. The van der Waals surface area contributed by atoms with E-state index in [1.165, 1.54) is 0 Å². The van der Waals surface area contributed by atoms with Crippen LogP contribution in [0.25, 0.3) is 5.82 Å². The molecule has 0 saturated carbocycles. The van der Waals surface area contributed by atoms with Crippen molar-refractivity contribution in [3.05, 3.63) is 36.0 Å². The molecule has 0 amide bonds. The molecule has 2 aromatic rings. The molecule has 84 valence electrons. The Hall–Kier alpha value is -1.42. The zero-order chi connectivity index (χ0) is 11.8. The lowest BCUT2D eigenvalue weighted by Crippen LogP contribution is -2.48. The van der Waals surface area contributed by atoms with Crippen LogP contribution < -0.4 is 4.57 Å². The fraction of sp³-hybridized carbons (Fsp3) is 0.364. The highest BCUT2D eigenvalue weighted by Gasteiger charge is 2.19. The van der Waals surface area contributed by atoms with Crippen molar-refractivity contribution in [1.82, 2.24) is 14.8 Å². The van der Waals surface area contributed by atoms with Crippen LogP contribution >= 0.6 is 11.6 Å². The van der Waals surface area contributed by atoms with Crippen LogP contribution in [0, 0.1) is 0 Å². The van der Waals surface area contributed by atoms with E-state index in [2.05, 4.69) is 35.5 Å². The van der Waals surface area contributed by atoms with Crippen molar-refractivity contribution in [2.75, 3.05) is 0 Å². The van der Waals surface area contributed by atoms with Gasteiger partial charge in [0.1, 0.15) is 17.9 Å². The van der Waals surface area contributed by atoms with E-state index in [4.69, 9.17) is 11.6 Å². The normalized spacial score (nSPS) is 11.8. The van der Waals surface area contributed by atoms with E-state index < -0.39 is 0 Å². The zero-order valence-electron chi connectivity index (χ0n) is 9.55. The molecule has 0 bridgehead atoms. The summed E-state index contributed by atoms with van der Waals surface area (Å²) >= 11 is 5.69. The summed E-state index contributed by atoms with van der Waals surface area (Å²) in [5.41, 5.74) is 0.0606. The summed E-state index contributed by atoms with van der Waals surface area (Å²) in [5.74, 6) is 0.757. The molecule has 0 aliphatic carbocycles. The van der Waals surface area contributed by atoms with Crippen LogP contribution in [0.1, 0.15) is 20.8 Å². The van der Waals surface area contributed by atoms with E-state index in [9.17, 15) is 0 Å². The van der Waals surface area contributed by atoms with Gasteiger partial charge in [-0.25, -0.2) is 4.57 Å². The molecule has 0 unspecified atom stereocenters.